The van der Waals surface area contributed by atoms with Crippen LogP contribution in [0.25, 0.3) is 0 Å². The maximum absolute atomic E-state index is 11.9. The molecule has 0 saturated heterocycles. The standard InChI is InChI=1S/C7H11FO/c8-5-6-3-1-2-4-7(6)9/h6H,1-5H2. The van der Waals surface area contributed by atoms with Crippen LogP contribution in [0, 0.1) is 5.92 Å². The van der Waals surface area contributed by atoms with Crippen LogP contribution >= 0.6 is 0 Å². The van der Waals surface area contributed by atoms with Crippen molar-refractivity contribution >= 4 is 5.78 Å². The maximum Gasteiger partial charge on any atom is 0.138 e. The molecule has 1 aliphatic rings. The van der Waals surface area contributed by atoms with Crippen molar-refractivity contribution in [3.8, 4) is 0 Å². The Morgan fingerprint density at radius 3 is 2.78 bits per heavy atom. The normalized spacial score (nSPS) is 28.6. The quantitative estimate of drug-likeness (QED) is 0.528. The summed E-state index contributed by atoms with van der Waals surface area (Å²) in [6.45, 7) is -0.446. The minimum atomic E-state index is -0.446. The maximum atomic E-state index is 11.9. The van der Waals surface area contributed by atoms with Gasteiger partial charge in [0, 0.05) is 12.3 Å². The summed E-state index contributed by atoms with van der Waals surface area (Å²) in [5.74, 6) is -0.123. The average molecular weight is 130 g/mol. The Labute approximate surface area is 54.3 Å². The number of rotatable bonds is 1. The van der Waals surface area contributed by atoms with Crippen molar-refractivity contribution in [3.05, 3.63) is 0 Å². The molecule has 0 aromatic heterocycles. The van der Waals surface area contributed by atoms with Gasteiger partial charge in [0.25, 0.3) is 0 Å². The summed E-state index contributed by atoms with van der Waals surface area (Å²) in [5, 5.41) is 0. The zero-order chi connectivity index (χ0) is 6.69. The highest BCUT2D eigenvalue weighted by Crippen LogP contribution is 2.20. The topological polar surface area (TPSA) is 17.1 Å². The molecule has 1 rings (SSSR count). The van der Waals surface area contributed by atoms with Gasteiger partial charge in [-0.2, -0.15) is 0 Å². The van der Waals surface area contributed by atoms with E-state index >= 15 is 0 Å². The molecule has 0 spiro atoms. The molecule has 1 saturated carbocycles. The predicted molar refractivity (Wildman–Crippen MR) is 32.9 cm³/mol. The Kier molecular flexibility index (Phi) is 2.20. The lowest BCUT2D eigenvalue weighted by Gasteiger charge is -2.16. The smallest absolute Gasteiger partial charge is 0.138 e. The summed E-state index contributed by atoms with van der Waals surface area (Å²) in [6, 6.07) is 0. The van der Waals surface area contributed by atoms with Crippen LogP contribution in [0.1, 0.15) is 25.7 Å². The molecule has 1 fully saturated rings. The Bertz CT molecular complexity index is 111. The largest absolute Gasteiger partial charge is 0.299 e. The fourth-order valence-corrected chi connectivity index (χ4v) is 1.22. The zero-order valence-electron chi connectivity index (χ0n) is 5.40. The van der Waals surface area contributed by atoms with Crippen LogP contribution in [0.2, 0.25) is 0 Å². The highest BCUT2D eigenvalue weighted by atomic mass is 19.1. The molecule has 0 amide bonds. The van der Waals surface area contributed by atoms with Gasteiger partial charge < -0.3 is 0 Å². The first-order valence-electron chi connectivity index (χ1n) is 3.43. The van der Waals surface area contributed by atoms with Crippen molar-refractivity contribution in [2.75, 3.05) is 6.67 Å². The van der Waals surface area contributed by atoms with E-state index in [1.807, 2.05) is 0 Å². The van der Waals surface area contributed by atoms with Gasteiger partial charge >= 0.3 is 0 Å². The van der Waals surface area contributed by atoms with E-state index in [2.05, 4.69) is 0 Å². The Hall–Kier alpha value is -0.400. The Balaban J connectivity index is 2.39. The van der Waals surface area contributed by atoms with E-state index in [0.717, 1.165) is 19.3 Å². The predicted octanol–water partition coefficient (Wildman–Crippen LogP) is 1.72. The van der Waals surface area contributed by atoms with E-state index < -0.39 is 6.67 Å². The minimum Gasteiger partial charge on any atom is -0.299 e. The van der Waals surface area contributed by atoms with Crippen LogP contribution in [-0.4, -0.2) is 12.5 Å². The molecule has 52 valence electrons. The average Bonchev–Trinajstić information content (AvgIpc) is 1.89. The summed E-state index contributed by atoms with van der Waals surface area (Å²) < 4.78 is 11.9. The number of hydrogen-bond acceptors (Lipinski definition) is 1. The summed E-state index contributed by atoms with van der Waals surface area (Å²) >= 11 is 0. The number of Topliss-reactive ketones (excluding diaryl/α,β-unsaturated/α-hetero) is 1. The SMILES string of the molecule is O=C1CCCCC1CF. The van der Waals surface area contributed by atoms with Crippen molar-refractivity contribution in [2.45, 2.75) is 25.7 Å². The summed E-state index contributed by atoms with van der Waals surface area (Å²) in [4.78, 5) is 10.8. The van der Waals surface area contributed by atoms with Gasteiger partial charge in [-0.3, -0.25) is 9.18 Å². The van der Waals surface area contributed by atoms with Gasteiger partial charge in [0.15, 0.2) is 0 Å². The van der Waals surface area contributed by atoms with Crippen molar-refractivity contribution < 1.29 is 9.18 Å². The molecule has 9 heavy (non-hydrogen) atoms. The first-order chi connectivity index (χ1) is 4.34. The van der Waals surface area contributed by atoms with E-state index in [9.17, 15) is 9.18 Å². The lowest BCUT2D eigenvalue weighted by Crippen LogP contribution is -2.20. The number of alkyl halides is 1. The highest BCUT2D eigenvalue weighted by molar-refractivity contribution is 5.81. The third kappa shape index (κ3) is 1.50. The van der Waals surface area contributed by atoms with Crippen LogP contribution in [0.15, 0.2) is 0 Å². The van der Waals surface area contributed by atoms with Crippen molar-refractivity contribution in [1.29, 1.82) is 0 Å². The van der Waals surface area contributed by atoms with E-state index in [4.69, 9.17) is 0 Å². The van der Waals surface area contributed by atoms with E-state index in [1.165, 1.54) is 0 Å². The van der Waals surface area contributed by atoms with Crippen LogP contribution in [0.4, 0.5) is 4.39 Å². The van der Waals surface area contributed by atoms with Gasteiger partial charge in [0.05, 0.1) is 6.67 Å². The molecule has 0 bridgehead atoms. The number of ketones is 1. The highest BCUT2D eigenvalue weighted by Gasteiger charge is 2.21. The molecule has 0 aromatic carbocycles. The van der Waals surface area contributed by atoms with E-state index in [-0.39, 0.29) is 11.7 Å². The fourth-order valence-electron chi connectivity index (χ4n) is 1.22. The lowest BCUT2D eigenvalue weighted by molar-refractivity contribution is -0.125. The van der Waals surface area contributed by atoms with Crippen LogP contribution in [0.5, 0.6) is 0 Å². The second-order valence-corrected chi connectivity index (χ2v) is 2.56. The van der Waals surface area contributed by atoms with Gasteiger partial charge in [0.2, 0.25) is 0 Å². The van der Waals surface area contributed by atoms with E-state index in [0.29, 0.717) is 6.42 Å². The van der Waals surface area contributed by atoms with Crippen LogP contribution < -0.4 is 0 Å². The molecule has 0 aliphatic heterocycles. The van der Waals surface area contributed by atoms with Gasteiger partial charge in [-0.1, -0.05) is 6.42 Å². The van der Waals surface area contributed by atoms with Crippen molar-refractivity contribution in [3.63, 3.8) is 0 Å². The van der Waals surface area contributed by atoms with Crippen LogP contribution in [-0.2, 0) is 4.79 Å². The third-order valence-electron chi connectivity index (χ3n) is 1.87. The minimum absolute atomic E-state index is 0.128. The fraction of sp³-hybridized carbons (Fsp3) is 0.857. The Morgan fingerprint density at radius 2 is 2.33 bits per heavy atom. The summed E-state index contributed by atoms with van der Waals surface area (Å²) in [6.07, 6.45) is 3.37. The second-order valence-electron chi connectivity index (χ2n) is 2.56. The first-order valence-corrected chi connectivity index (χ1v) is 3.43. The number of carbonyl (C=O) groups excluding carboxylic acids is 1. The number of hydrogen-bond donors (Lipinski definition) is 0. The molecule has 0 aromatic rings. The molecule has 0 heterocycles. The molecule has 1 aliphatic carbocycles. The molecule has 1 nitrogen and oxygen atoms in total. The van der Waals surface area contributed by atoms with Crippen molar-refractivity contribution in [1.82, 2.24) is 0 Å². The molecule has 2 heteroatoms. The molecule has 0 N–H and O–H groups in total. The molecular weight excluding hydrogens is 119 g/mol. The van der Waals surface area contributed by atoms with Gasteiger partial charge in [-0.05, 0) is 12.8 Å². The molecule has 1 atom stereocenters. The van der Waals surface area contributed by atoms with Gasteiger partial charge in [-0.15, -0.1) is 0 Å². The molecular formula is C7H11FO. The summed E-state index contributed by atoms with van der Waals surface area (Å²) in [7, 11) is 0. The summed E-state index contributed by atoms with van der Waals surface area (Å²) in [5.41, 5.74) is 0. The monoisotopic (exact) mass is 130 g/mol. The van der Waals surface area contributed by atoms with Crippen LogP contribution in [0.3, 0.4) is 0 Å². The number of carbonyl (C=O) groups is 1. The Morgan fingerprint density at radius 1 is 1.56 bits per heavy atom. The lowest BCUT2D eigenvalue weighted by atomic mass is 9.89. The zero-order valence-corrected chi connectivity index (χ0v) is 5.40. The van der Waals surface area contributed by atoms with Crippen molar-refractivity contribution in [2.24, 2.45) is 5.92 Å². The third-order valence-corrected chi connectivity index (χ3v) is 1.87. The number of halogens is 1. The van der Waals surface area contributed by atoms with Gasteiger partial charge in [0.1, 0.15) is 5.78 Å². The van der Waals surface area contributed by atoms with Gasteiger partial charge in [-0.25, -0.2) is 0 Å². The van der Waals surface area contributed by atoms with E-state index in [1.54, 1.807) is 0 Å². The molecule has 0 radical (unpaired) electrons. The molecule has 1 unspecified atom stereocenters. The second kappa shape index (κ2) is 2.95. The first kappa shape index (κ1) is 6.72.